The average Bonchev–Trinajstić information content (AvgIpc) is 2.92. The molecule has 2 aromatic rings. The van der Waals surface area contributed by atoms with Crippen LogP contribution in [0.25, 0.3) is 0 Å². The zero-order chi connectivity index (χ0) is 33.4. The van der Waals surface area contributed by atoms with E-state index in [1.807, 2.05) is 0 Å². The third kappa shape index (κ3) is 4.19. The summed E-state index contributed by atoms with van der Waals surface area (Å²) in [4.78, 5) is 71.6. The van der Waals surface area contributed by atoms with Gasteiger partial charge in [0, 0.05) is 30.9 Å². The van der Waals surface area contributed by atoms with Gasteiger partial charge in [0.25, 0.3) is 0 Å². The molecule has 7 N–H and O–H groups in total. The highest BCUT2D eigenvalue weighted by Crippen LogP contribution is 2.57. The molecule has 0 bridgehead atoms. The maximum absolute atomic E-state index is 14.5. The molecular weight excluding hydrogens is 583 g/mol. The first-order chi connectivity index (χ1) is 21.0. The molecule has 0 heterocycles. The van der Waals surface area contributed by atoms with Gasteiger partial charge in [0.05, 0.1) is 28.8 Å². The van der Waals surface area contributed by atoms with E-state index in [9.17, 15) is 38.7 Å². The summed E-state index contributed by atoms with van der Waals surface area (Å²) < 4.78 is 13.4. The fraction of sp³-hybridized carbons (Fsp3) is 0.375. The standard InChI is InChI=1S/C32H31FN6O6/c1-38(2)19-11-16(8-5-15-6-9-17(33)10-7-15)23(40)20-18(19)12-30(36)13-32(37)26(39(3)4)25(42)21(29(35)45)27(43)31(32,14-34)28(44)22(30)24(20)41/h6-7,9-11,21-22,26,40H,12-13,36-37H2,1-4H3,(H2,35,45)/t21?,22?,26-,30-,31+,32-/m1/s1. The molecule has 3 aliphatic rings. The Balaban J connectivity index is 1.75. The van der Waals surface area contributed by atoms with Crippen molar-refractivity contribution in [3.05, 3.63) is 58.4 Å². The molecule has 3 aliphatic carbocycles. The van der Waals surface area contributed by atoms with Crippen molar-refractivity contribution in [2.75, 3.05) is 33.1 Å². The fourth-order valence-electron chi connectivity index (χ4n) is 7.42. The van der Waals surface area contributed by atoms with Gasteiger partial charge in [0.1, 0.15) is 17.5 Å². The number of hydrogen-bond acceptors (Lipinski definition) is 11. The SMILES string of the molecule is CN(C)c1cc(C#Cc2ccc(F)cc2)c(O)c2c1C[C@@]1(N)C[C@@]3(N)[C@H](N(C)C)C(=O)C(C(N)=O)C(=O)[C@@]3(C#N)C(=O)C1C2=O. The molecule has 0 aliphatic heterocycles. The van der Waals surface area contributed by atoms with E-state index < -0.39 is 81.4 Å². The quantitative estimate of drug-likeness (QED) is 0.253. The van der Waals surface area contributed by atoms with E-state index in [0.717, 1.165) is 0 Å². The number of hydrogen-bond donors (Lipinski definition) is 4. The number of nitriles is 1. The minimum atomic E-state index is -2.84. The second-order valence-electron chi connectivity index (χ2n) is 12.4. The number of likely N-dealkylation sites (N-methyl/N-ethyl adjacent to an activating group) is 1. The summed E-state index contributed by atoms with van der Waals surface area (Å²) in [5.74, 6) is -5.38. The minimum absolute atomic E-state index is 0.0203. The van der Waals surface area contributed by atoms with E-state index in [-0.39, 0.29) is 23.1 Å². The van der Waals surface area contributed by atoms with Crippen LogP contribution in [0.1, 0.15) is 33.5 Å². The molecule has 1 amide bonds. The molecule has 0 spiro atoms. The summed E-state index contributed by atoms with van der Waals surface area (Å²) in [6, 6.07) is 7.03. The van der Waals surface area contributed by atoms with Crippen LogP contribution in [0.3, 0.4) is 0 Å². The Labute approximate surface area is 257 Å². The molecule has 2 fully saturated rings. The number of amides is 1. The largest absolute Gasteiger partial charge is 0.506 e. The van der Waals surface area contributed by atoms with E-state index in [0.29, 0.717) is 11.3 Å². The number of primary amides is 1. The maximum Gasteiger partial charge on any atom is 0.235 e. The molecule has 2 unspecified atom stereocenters. The van der Waals surface area contributed by atoms with Crippen LogP contribution in [0.15, 0.2) is 30.3 Å². The Morgan fingerprint density at radius 1 is 1.04 bits per heavy atom. The van der Waals surface area contributed by atoms with Gasteiger partial charge in [-0.25, -0.2) is 4.39 Å². The van der Waals surface area contributed by atoms with E-state index in [1.165, 1.54) is 49.3 Å². The van der Waals surface area contributed by atoms with Crippen LogP contribution in [0.4, 0.5) is 10.1 Å². The molecule has 6 atom stereocenters. The van der Waals surface area contributed by atoms with E-state index >= 15 is 0 Å². The lowest BCUT2D eigenvalue weighted by Crippen LogP contribution is -2.85. The van der Waals surface area contributed by atoms with E-state index in [4.69, 9.17) is 17.2 Å². The number of aromatic hydroxyl groups is 1. The van der Waals surface area contributed by atoms with Crippen molar-refractivity contribution in [2.24, 2.45) is 34.5 Å². The van der Waals surface area contributed by atoms with Gasteiger partial charge in [0.15, 0.2) is 34.5 Å². The molecule has 0 aromatic heterocycles. The second kappa shape index (κ2) is 10.3. The van der Waals surface area contributed by atoms with Crippen molar-refractivity contribution in [3.8, 4) is 23.7 Å². The normalized spacial score (nSPS) is 30.4. The van der Waals surface area contributed by atoms with Crippen LogP contribution in [0.2, 0.25) is 0 Å². The van der Waals surface area contributed by atoms with Crippen molar-refractivity contribution in [1.82, 2.24) is 4.90 Å². The van der Waals surface area contributed by atoms with Crippen LogP contribution < -0.4 is 22.1 Å². The smallest absolute Gasteiger partial charge is 0.235 e. The summed E-state index contributed by atoms with van der Waals surface area (Å²) >= 11 is 0. The van der Waals surface area contributed by atoms with Gasteiger partial charge < -0.3 is 27.2 Å². The number of benzene rings is 2. The van der Waals surface area contributed by atoms with Crippen LogP contribution in [-0.4, -0.2) is 84.4 Å². The predicted octanol–water partition coefficient (Wildman–Crippen LogP) is -0.587. The van der Waals surface area contributed by atoms with Gasteiger partial charge in [-0.1, -0.05) is 11.8 Å². The second-order valence-corrected chi connectivity index (χ2v) is 12.4. The molecule has 45 heavy (non-hydrogen) atoms. The molecular formula is C32H31FN6O6. The Morgan fingerprint density at radius 3 is 2.20 bits per heavy atom. The number of fused-ring (bicyclic) bond motifs is 3. The third-order valence-corrected chi connectivity index (χ3v) is 9.23. The molecule has 0 radical (unpaired) electrons. The fourth-order valence-corrected chi connectivity index (χ4v) is 7.42. The number of nitrogens with zero attached hydrogens (tertiary/aromatic N) is 3. The molecule has 5 rings (SSSR count). The van der Waals surface area contributed by atoms with Crippen LogP contribution >= 0.6 is 0 Å². The van der Waals surface area contributed by atoms with Gasteiger partial charge >= 0.3 is 0 Å². The van der Waals surface area contributed by atoms with E-state index in [1.54, 1.807) is 25.1 Å². The first-order valence-electron chi connectivity index (χ1n) is 13.9. The zero-order valence-electron chi connectivity index (χ0n) is 25.0. The first-order valence-corrected chi connectivity index (χ1v) is 13.9. The Kier molecular flexibility index (Phi) is 7.21. The number of carbonyl (C=O) groups excluding carboxylic acids is 5. The molecule has 12 nitrogen and oxygen atoms in total. The topological polar surface area (TPSA) is 214 Å². The number of carbonyl (C=O) groups is 5. The Bertz CT molecular complexity index is 1820. The van der Waals surface area contributed by atoms with Crippen LogP contribution in [0.5, 0.6) is 5.75 Å². The van der Waals surface area contributed by atoms with Crippen molar-refractivity contribution in [2.45, 2.75) is 30.0 Å². The van der Waals surface area contributed by atoms with Gasteiger partial charge in [-0.15, -0.1) is 0 Å². The number of rotatable bonds is 3. The number of anilines is 1. The Morgan fingerprint density at radius 2 is 1.67 bits per heavy atom. The van der Waals surface area contributed by atoms with Crippen molar-refractivity contribution in [3.63, 3.8) is 0 Å². The molecule has 13 heteroatoms. The summed E-state index contributed by atoms with van der Waals surface area (Å²) in [5.41, 5.74) is 13.2. The monoisotopic (exact) mass is 614 g/mol. The lowest BCUT2D eigenvalue weighted by Gasteiger charge is -2.60. The van der Waals surface area contributed by atoms with Gasteiger partial charge in [-0.3, -0.25) is 28.9 Å². The lowest BCUT2D eigenvalue weighted by atomic mass is 9.42. The summed E-state index contributed by atoms with van der Waals surface area (Å²) in [7, 11) is 6.24. The van der Waals surface area contributed by atoms with Crippen molar-refractivity contribution >= 4 is 34.7 Å². The third-order valence-electron chi connectivity index (χ3n) is 9.23. The minimum Gasteiger partial charge on any atom is -0.506 e. The number of halogens is 1. The highest BCUT2D eigenvalue weighted by atomic mass is 19.1. The number of Topliss-reactive ketones (excluding diaryl/α,β-unsaturated/α-hetero) is 4. The van der Waals surface area contributed by atoms with Crippen molar-refractivity contribution in [1.29, 1.82) is 5.26 Å². The number of phenolic OH excluding ortho intramolecular Hbond substituents is 1. The highest BCUT2D eigenvalue weighted by Gasteiger charge is 2.78. The average molecular weight is 615 g/mol. The zero-order valence-corrected chi connectivity index (χ0v) is 25.0. The van der Waals surface area contributed by atoms with Gasteiger partial charge in [-0.2, -0.15) is 5.26 Å². The first kappa shape index (κ1) is 31.5. The molecule has 232 valence electrons. The highest BCUT2D eigenvalue weighted by molar-refractivity contribution is 6.33. The summed E-state index contributed by atoms with van der Waals surface area (Å²) in [6.45, 7) is 0. The van der Waals surface area contributed by atoms with Crippen molar-refractivity contribution < 1.29 is 33.5 Å². The van der Waals surface area contributed by atoms with Crippen LogP contribution in [-0.2, 0) is 25.6 Å². The van der Waals surface area contributed by atoms with Crippen LogP contribution in [0, 0.1) is 46.2 Å². The lowest BCUT2D eigenvalue weighted by molar-refractivity contribution is -0.166. The Hall–Kier alpha value is -4.95. The summed E-state index contributed by atoms with van der Waals surface area (Å²) in [5, 5.41) is 21.9. The number of phenols is 1. The molecule has 0 saturated heterocycles. The van der Waals surface area contributed by atoms with Gasteiger partial charge in [0.2, 0.25) is 5.91 Å². The van der Waals surface area contributed by atoms with E-state index in [2.05, 4.69) is 11.8 Å². The molecule has 2 aromatic carbocycles. The molecule has 2 saturated carbocycles. The summed E-state index contributed by atoms with van der Waals surface area (Å²) in [6.07, 6.45) is -0.722. The predicted molar refractivity (Wildman–Crippen MR) is 158 cm³/mol. The number of ketones is 4. The van der Waals surface area contributed by atoms with Gasteiger partial charge in [-0.05, 0) is 62.8 Å². The number of nitrogens with two attached hydrogens (primary N) is 3. The maximum atomic E-state index is 14.5.